The van der Waals surface area contributed by atoms with Crippen molar-refractivity contribution in [2.45, 2.75) is 6.04 Å². The van der Waals surface area contributed by atoms with Gasteiger partial charge in [0.2, 0.25) is 0 Å². The number of benzene rings is 1. The van der Waals surface area contributed by atoms with Crippen molar-refractivity contribution < 1.29 is 9.21 Å². The van der Waals surface area contributed by atoms with Gasteiger partial charge in [-0.2, -0.15) is 0 Å². The van der Waals surface area contributed by atoms with Crippen LogP contribution in [0.25, 0.3) is 0 Å². The van der Waals surface area contributed by atoms with E-state index in [0.29, 0.717) is 0 Å². The highest BCUT2D eigenvalue weighted by Gasteiger charge is 2.19. The summed E-state index contributed by atoms with van der Waals surface area (Å²) >= 11 is 0. The minimum absolute atomic E-state index is 0.264. The van der Waals surface area contributed by atoms with E-state index in [1.54, 1.807) is 18.3 Å². The number of rotatable bonds is 4. The smallest absolute Gasteiger partial charge is 0.287 e. The zero-order valence-electron chi connectivity index (χ0n) is 11.3. The van der Waals surface area contributed by atoms with Crippen LogP contribution in [0.1, 0.15) is 27.9 Å². The zero-order valence-corrected chi connectivity index (χ0v) is 11.3. The predicted molar refractivity (Wildman–Crippen MR) is 78.7 cm³/mol. The van der Waals surface area contributed by atoms with Crippen molar-refractivity contribution in [1.82, 2.24) is 10.3 Å². The van der Waals surface area contributed by atoms with Crippen LogP contribution in [0.5, 0.6) is 0 Å². The van der Waals surface area contributed by atoms with Crippen LogP contribution in [0.4, 0.5) is 0 Å². The number of nitrogens with one attached hydrogen (secondary N) is 1. The first-order valence-corrected chi connectivity index (χ1v) is 6.65. The summed E-state index contributed by atoms with van der Waals surface area (Å²) in [5, 5.41) is 2.96. The Kier molecular flexibility index (Phi) is 3.78. The molecule has 0 saturated carbocycles. The van der Waals surface area contributed by atoms with Crippen LogP contribution in [0, 0.1) is 0 Å². The molecule has 1 atom stereocenters. The van der Waals surface area contributed by atoms with Crippen LogP contribution >= 0.6 is 0 Å². The molecule has 1 N–H and O–H groups in total. The number of aromatic nitrogens is 1. The number of carbonyl (C=O) groups excluding carboxylic acids is 1. The van der Waals surface area contributed by atoms with E-state index in [1.165, 1.54) is 6.26 Å². The van der Waals surface area contributed by atoms with Gasteiger partial charge < -0.3 is 9.73 Å². The molecular weight excluding hydrogens is 264 g/mol. The third-order valence-corrected chi connectivity index (χ3v) is 3.14. The first kappa shape index (κ1) is 13.1. The van der Waals surface area contributed by atoms with Crippen molar-refractivity contribution in [3.63, 3.8) is 0 Å². The van der Waals surface area contributed by atoms with Crippen molar-refractivity contribution in [2.75, 3.05) is 0 Å². The molecule has 104 valence electrons. The molecular formula is C17H14N2O2. The van der Waals surface area contributed by atoms with Crippen molar-refractivity contribution in [3.8, 4) is 0 Å². The maximum absolute atomic E-state index is 12.2. The normalized spacial score (nSPS) is 11.8. The van der Waals surface area contributed by atoms with Crippen LogP contribution in [0.15, 0.2) is 77.5 Å². The van der Waals surface area contributed by atoms with Gasteiger partial charge in [-0.05, 0) is 29.8 Å². The summed E-state index contributed by atoms with van der Waals surface area (Å²) in [6.45, 7) is 0. The molecule has 0 aliphatic rings. The minimum Gasteiger partial charge on any atom is -0.459 e. The summed E-state index contributed by atoms with van der Waals surface area (Å²) in [6.07, 6.45) is 3.19. The van der Waals surface area contributed by atoms with Crippen LogP contribution in [-0.2, 0) is 0 Å². The van der Waals surface area contributed by atoms with Gasteiger partial charge in [0.1, 0.15) is 0 Å². The lowest BCUT2D eigenvalue weighted by Gasteiger charge is -2.18. The van der Waals surface area contributed by atoms with Gasteiger partial charge in [0, 0.05) is 6.20 Å². The minimum atomic E-state index is -0.315. The number of carbonyl (C=O) groups is 1. The Balaban J connectivity index is 1.92. The Morgan fingerprint density at radius 1 is 1.00 bits per heavy atom. The summed E-state index contributed by atoms with van der Waals surface area (Å²) in [5.74, 6) is 0.0198. The summed E-state index contributed by atoms with van der Waals surface area (Å²) in [6, 6.07) is 18.4. The summed E-state index contributed by atoms with van der Waals surface area (Å²) in [5.41, 5.74) is 1.75. The van der Waals surface area contributed by atoms with Gasteiger partial charge in [-0.3, -0.25) is 9.78 Å². The Bertz CT molecular complexity index is 655. The molecule has 3 rings (SSSR count). The highest BCUT2D eigenvalue weighted by molar-refractivity contribution is 5.91. The fourth-order valence-electron chi connectivity index (χ4n) is 2.13. The molecule has 2 heterocycles. The average molecular weight is 278 g/mol. The monoisotopic (exact) mass is 278 g/mol. The van der Waals surface area contributed by atoms with Crippen LogP contribution in [0.2, 0.25) is 0 Å². The van der Waals surface area contributed by atoms with Gasteiger partial charge >= 0.3 is 0 Å². The quantitative estimate of drug-likeness (QED) is 0.797. The van der Waals surface area contributed by atoms with E-state index in [2.05, 4.69) is 10.3 Å². The number of nitrogens with zero attached hydrogens (tertiary/aromatic N) is 1. The molecule has 0 spiro atoms. The van der Waals surface area contributed by atoms with Gasteiger partial charge in [-0.1, -0.05) is 36.4 Å². The molecule has 0 radical (unpaired) electrons. The van der Waals surface area contributed by atoms with E-state index in [9.17, 15) is 4.79 Å². The van der Waals surface area contributed by atoms with Crippen LogP contribution in [-0.4, -0.2) is 10.9 Å². The molecule has 0 aliphatic heterocycles. The Labute approximate surface area is 122 Å². The molecule has 2 aromatic heterocycles. The maximum atomic E-state index is 12.2. The second-order valence-corrected chi connectivity index (χ2v) is 4.55. The zero-order chi connectivity index (χ0) is 14.5. The van der Waals surface area contributed by atoms with Gasteiger partial charge in [0.25, 0.3) is 5.91 Å². The standard InChI is InChI=1S/C17H14N2O2/c20-17(15-10-6-12-21-15)19-16(13-7-2-1-3-8-13)14-9-4-5-11-18-14/h1-12,16H,(H,19,20). The molecule has 1 amide bonds. The topological polar surface area (TPSA) is 55.1 Å². The van der Waals surface area contributed by atoms with Gasteiger partial charge in [-0.25, -0.2) is 0 Å². The maximum Gasteiger partial charge on any atom is 0.287 e. The largest absolute Gasteiger partial charge is 0.459 e. The average Bonchev–Trinajstić information content (AvgIpc) is 3.09. The molecule has 4 nitrogen and oxygen atoms in total. The van der Waals surface area contributed by atoms with E-state index in [1.807, 2.05) is 48.5 Å². The lowest BCUT2D eigenvalue weighted by Crippen LogP contribution is -2.29. The molecule has 0 fully saturated rings. The lowest BCUT2D eigenvalue weighted by atomic mass is 10.0. The Morgan fingerprint density at radius 3 is 2.48 bits per heavy atom. The fourth-order valence-corrected chi connectivity index (χ4v) is 2.13. The first-order chi connectivity index (χ1) is 10.3. The number of amides is 1. The SMILES string of the molecule is O=C(NC(c1ccccc1)c1ccccn1)c1ccco1. The van der Waals surface area contributed by atoms with Gasteiger partial charge in [-0.15, -0.1) is 0 Å². The summed E-state index contributed by atoms with van der Waals surface area (Å²) < 4.78 is 5.14. The number of furan rings is 1. The molecule has 0 aliphatic carbocycles. The number of pyridine rings is 1. The third-order valence-electron chi connectivity index (χ3n) is 3.14. The molecule has 4 heteroatoms. The summed E-state index contributed by atoms with van der Waals surface area (Å²) in [7, 11) is 0. The Morgan fingerprint density at radius 2 is 1.81 bits per heavy atom. The van der Waals surface area contributed by atoms with E-state index >= 15 is 0 Å². The van der Waals surface area contributed by atoms with Crippen molar-refractivity contribution in [2.24, 2.45) is 0 Å². The molecule has 21 heavy (non-hydrogen) atoms. The highest BCUT2D eigenvalue weighted by atomic mass is 16.3. The van der Waals surface area contributed by atoms with E-state index in [-0.39, 0.29) is 17.7 Å². The van der Waals surface area contributed by atoms with E-state index in [4.69, 9.17) is 4.42 Å². The summed E-state index contributed by atoms with van der Waals surface area (Å²) in [4.78, 5) is 16.6. The van der Waals surface area contributed by atoms with Gasteiger partial charge in [0.05, 0.1) is 18.0 Å². The van der Waals surface area contributed by atoms with Crippen LogP contribution in [0.3, 0.4) is 0 Å². The van der Waals surface area contributed by atoms with Crippen LogP contribution < -0.4 is 5.32 Å². The number of hydrogen-bond acceptors (Lipinski definition) is 3. The second-order valence-electron chi connectivity index (χ2n) is 4.55. The fraction of sp³-hybridized carbons (Fsp3) is 0.0588. The van der Waals surface area contributed by atoms with E-state index in [0.717, 1.165) is 11.3 Å². The molecule has 0 saturated heterocycles. The number of hydrogen-bond donors (Lipinski definition) is 1. The lowest BCUT2D eigenvalue weighted by molar-refractivity contribution is 0.0914. The van der Waals surface area contributed by atoms with E-state index < -0.39 is 0 Å². The molecule has 3 aromatic rings. The Hall–Kier alpha value is -2.88. The molecule has 0 bridgehead atoms. The predicted octanol–water partition coefficient (Wildman–Crippen LogP) is 3.19. The molecule has 1 unspecified atom stereocenters. The first-order valence-electron chi connectivity index (χ1n) is 6.65. The highest BCUT2D eigenvalue weighted by Crippen LogP contribution is 2.20. The molecule has 1 aromatic carbocycles. The van der Waals surface area contributed by atoms with Gasteiger partial charge in [0.15, 0.2) is 5.76 Å². The van der Waals surface area contributed by atoms with Crippen molar-refractivity contribution in [3.05, 3.63) is 90.1 Å². The van der Waals surface area contributed by atoms with Crippen molar-refractivity contribution in [1.29, 1.82) is 0 Å². The third kappa shape index (κ3) is 3.00. The van der Waals surface area contributed by atoms with Crippen molar-refractivity contribution >= 4 is 5.91 Å². The second kappa shape index (κ2) is 6.05.